The summed E-state index contributed by atoms with van der Waals surface area (Å²) in [5, 5.41) is 8.99. The second kappa shape index (κ2) is 4.41. The lowest BCUT2D eigenvalue weighted by atomic mass is 10.2. The first-order valence-corrected chi connectivity index (χ1v) is 3.95. The Hall–Kier alpha value is -0.840. The van der Waals surface area contributed by atoms with Crippen LogP contribution in [0.15, 0.2) is 12.1 Å². The number of hydrogen-bond donors (Lipinski definition) is 2. The van der Waals surface area contributed by atoms with Crippen LogP contribution >= 0.6 is 11.6 Å². The number of hydrogen-bond acceptors (Lipinski definition) is 3. The molecule has 0 spiro atoms. The number of nitrogens with one attached hydrogen (secondary N) is 1. The molecule has 0 atom stereocenters. The first-order chi connectivity index (χ1) is 6.15. The Morgan fingerprint density at radius 3 is 2.85 bits per heavy atom. The van der Waals surface area contributed by atoms with E-state index in [9.17, 15) is 4.39 Å². The molecule has 0 aliphatic carbocycles. The van der Waals surface area contributed by atoms with Crippen LogP contribution in [0.2, 0.25) is 5.02 Å². The second-order valence-corrected chi connectivity index (χ2v) is 2.84. The average molecular weight is 206 g/mol. The van der Waals surface area contributed by atoms with Crippen molar-refractivity contribution in [2.24, 2.45) is 0 Å². The van der Waals surface area contributed by atoms with E-state index < -0.39 is 11.6 Å². The molecular formula is C8H9ClFNO2. The Kier molecular flexibility index (Phi) is 3.48. The molecule has 0 fully saturated rings. The van der Waals surface area contributed by atoms with Gasteiger partial charge < -0.3 is 9.94 Å². The number of phenolic OH excluding ortho intramolecular Hbond substituents is 1. The predicted molar refractivity (Wildman–Crippen MR) is 46.9 cm³/mol. The first-order valence-electron chi connectivity index (χ1n) is 3.58. The van der Waals surface area contributed by atoms with Gasteiger partial charge in [0.15, 0.2) is 11.6 Å². The average Bonchev–Trinajstić information content (AvgIpc) is 2.10. The Morgan fingerprint density at radius 1 is 1.62 bits per heavy atom. The molecular weight excluding hydrogens is 197 g/mol. The molecule has 2 N–H and O–H groups in total. The lowest BCUT2D eigenvalue weighted by molar-refractivity contribution is 0.0866. The first kappa shape index (κ1) is 10.2. The molecule has 0 heterocycles. The van der Waals surface area contributed by atoms with E-state index in [0.717, 1.165) is 0 Å². The van der Waals surface area contributed by atoms with Crippen molar-refractivity contribution in [1.29, 1.82) is 0 Å². The summed E-state index contributed by atoms with van der Waals surface area (Å²) >= 11 is 5.54. The minimum absolute atomic E-state index is 0.00657. The number of halogens is 2. The summed E-state index contributed by atoms with van der Waals surface area (Å²) < 4.78 is 12.9. The molecule has 72 valence electrons. The molecule has 1 rings (SSSR count). The van der Waals surface area contributed by atoms with Gasteiger partial charge in [-0.25, -0.2) is 4.39 Å². The van der Waals surface area contributed by atoms with E-state index in [-0.39, 0.29) is 5.02 Å². The number of hydroxylamine groups is 1. The normalized spacial score (nSPS) is 10.4. The summed E-state index contributed by atoms with van der Waals surface area (Å²) in [6, 6.07) is 2.65. The van der Waals surface area contributed by atoms with Crippen molar-refractivity contribution in [1.82, 2.24) is 5.48 Å². The highest BCUT2D eigenvalue weighted by molar-refractivity contribution is 6.32. The molecule has 1 aromatic carbocycles. The predicted octanol–water partition coefficient (Wildman–Crippen LogP) is 1.84. The zero-order valence-corrected chi connectivity index (χ0v) is 7.73. The highest BCUT2D eigenvalue weighted by Crippen LogP contribution is 2.27. The molecule has 0 saturated carbocycles. The van der Waals surface area contributed by atoms with E-state index in [0.29, 0.717) is 12.1 Å². The van der Waals surface area contributed by atoms with Crippen molar-refractivity contribution >= 4 is 11.6 Å². The van der Waals surface area contributed by atoms with Crippen molar-refractivity contribution in [3.63, 3.8) is 0 Å². The molecule has 1 aromatic rings. The van der Waals surface area contributed by atoms with E-state index >= 15 is 0 Å². The van der Waals surface area contributed by atoms with Gasteiger partial charge in [-0.1, -0.05) is 11.6 Å². The number of benzene rings is 1. The summed E-state index contributed by atoms with van der Waals surface area (Å²) in [6.07, 6.45) is 0. The van der Waals surface area contributed by atoms with E-state index in [4.69, 9.17) is 16.7 Å². The van der Waals surface area contributed by atoms with Crippen LogP contribution in [0, 0.1) is 5.82 Å². The lowest BCUT2D eigenvalue weighted by Gasteiger charge is -2.04. The van der Waals surface area contributed by atoms with Crippen molar-refractivity contribution in [2.45, 2.75) is 6.54 Å². The lowest BCUT2D eigenvalue weighted by Crippen LogP contribution is -2.10. The maximum atomic E-state index is 12.9. The zero-order valence-electron chi connectivity index (χ0n) is 6.97. The fourth-order valence-corrected chi connectivity index (χ4v) is 1.11. The number of phenols is 1. The van der Waals surface area contributed by atoms with E-state index in [1.807, 2.05) is 0 Å². The molecule has 0 unspecified atom stereocenters. The SMILES string of the molecule is CONCc1cc(F)c(O)c(Cl)c1. The van der Waals surface area contributed by atoms with E-state index in [2.05, 4.69) is 10.3 Å². The van der Waals surface area contributed by atoms with Gasteiger partial charge in [-0.05, 0) is 17.7 Å². The van der Waals surface area contributed by atoms with Crippen LogP contribution in [0.25, 0.3) is 0 Å². The van der Waals surface area contributed by atoms with Crippen LogP contribution in [0.5, 0.6) is 5.75 Å². The van der Waals surface area contributed by atoms with Gasteiger partial charge in [0.05, 0.1) is 12.1 Å². The highest BCUT2D eigenvalue weighted by Gasteiger charge is 2.07. The monoisotopic (exact) mass is 205 g/mol. The summed E-state index contributed by atoms with van der Waals surface area (Å²) in [5.41, 5.74) is 3.13. The van der Waals surface area contributed by atoms with E-state index in [1.54, 1.807) is 0 Å². The molecule has 5 heteroatoms. The molecule has 0 saturated heterocycles. The van der Waals surface area contributed by atoms with Gasteiger partial charge in [-0.2, -0.15) is 5.48 Å². The molecule has 0 aliphatic rings. The number of aromatic hydroxyl groups is 1. The van der Waals surface area contributed by atoms with Crippen molar-refractivity contribution in [3.8, 4) is 5.75 Å². The summed E-state index contributed by atoms with van der Waals surface area (Å²) in [7, 11) is 1.46. The van der Waals surface area contributed by atoms with Gasteiger partial charge in [0.25, 0.3) is 0 Å². The third-order valence-electron chi connectivity index (χ3n) is 1.50. The zero-order chi connectivity index (χ0) is 9.84. The Balaban J connectivity index is 2.86. The van der Waals surface area contributed by atoms with Crippen LogP contribution in [0.3, 0.4) is 0 Å². The smallest absolute Gasteiger partial charge is 0.170 e. The van der Waals surface area contributed by atoms with Gasteiger partial charge in [0, 0.05) is 6.54 Å². The molecule has 0 aromatic heterocycles. The minimum Gasteiger partial charge on any atom is -0.504 e. The maximum absolute atomic E-state index is 12.9. The quantitative estimate of drug-likeness (QED) is 0.740. The fraction of sp³-hybridized carbons (Fsp3) is 0.250. The van der Waals surface area contributed by atoms with Crippen molar-refractivity contribution < 1.29 is 14.3 Å². The molecule has 0 aliphatic heterocycles. The molecule has 0 amide bonds. The second-order valence-electron chi connectivity index (χ2n) is 2.43. The van der Waals surface area contributed by atoms with Gasteiger partial charge >= 0.3 is 0 Å². The largest absolute Gasteiger partial charge is 0.504 e. The minimum atomic E-state index is -0.736. The molecule has 3 nitrogen and oxygen atoms in total. The van der Waals surface area contributed by atoms with E-state index in [1.165, 1.54) is 19.2 Å². The topological polar surface area (TPSA) is 41.5 Å². The van der Waals surface area contributed by atoms with Gasteiger partial charge in [-0.15, -0.1) is 0 Å². The van der Waals surface area contributed by atoms with Crippen LogP contribution in [-0.4, -0.2) is 12.2 Å². The van der Waals surface area contributed by atoms with Crippen molar-refractivity contribution in [2.75, 3.05) is 7.11 Å². The van der Waals surface area contributed by atoms with Gasteiger partial charge in [-0.3, -0.25) is 0 Å². The highest BCUT2D eigenvalue weighted by atomic mass is 35.5. The third-order valence-corrected chi connectivity index (χ3v) is 1.79. The van der Waals surface area contributed by atoms with Crippen LogP contribution in [-0.2, 0) is 11.4 Å². The Bertz CT molecular complexity index is 283. The fourth-order valence-electron chi connectivity index (χ4n) is 0.876. The van der Waals surface area contributed by atoms with Crippen LogP contribution in [0.4, 0.5) is 4.39 Å². The molecule has 0 bridgehead atoms. The maximum Gasteiger partial charge on any atom is 0.170 e. The molecule has 13 heavy (non-hydrogen) atoms. The van der Waals surface area contributed by atoms with Crippen LogP contribution < -0.4 is 5.48 Å². The summed E-state index contributed by atoms with van der Waals surface area (Å²) in [6.45, 7) is 0.327. The standard InChI is InChI=1S/C8H9ClFNO2/c1-13-11-4-5-2-6(9)8(12)7(10)3-5/h2-3,11-12H,4H2,1H3. The summed E-state index contributed by atoms with van der Waals surface area (Å²) in [5.74, 6) is -1.26. The van der Waals surface area contributed by atoms with Crippen molar-refractivity contribution in [3.05, 3.63) is 28.5 Å². The Labute approximate surface area is 80.0 Å². The third kappa shape index (κ3) is 2.55. The Morgan fingerprint density at radius 2 is 2.31 bits per heavy atom. The molecule has 0 radical (unpaired) electrons. The van der Waals surface area contributed by atoms with Crippen LogP contribution in [0.1, 0.15) is 5.56 Å². The van der Waals surface area contributed by atoms with Gasteiger partial charge in [0.1, 0.15) is 0 Å². The van der Waals surface area contributed by atoms with Gasteiger partial charge in [0.2, 0.25) is 0 Å². The summed E-state index contributed by atoms with van der Waals surface area (Å²) in [4.78, 5) is 4.58. The number of rotatable bonds is 3.